The van der Waals surface area contributed by atoms with Crippen molar-refractivity contribution in [3.8, 4) is 0 Å². The van der Waals surface area contributed by atoms with E-state index in [0.717, 1.165) is 55.8 Å². The minimum atomic E-state index is -0.511. The first-order valence-electron chi connectivity index (χ1n) is 13.3. The van der Waals surface area contributed by atoms with E-state index in [9.17, 15) is 9.59 Å². The van der Waals surface area contributed by atoms with E-state index in [1.165, 1.54) is 11.3 Å². The van der Waals surface area contributed by atoms with Crippen molar-refractivity contribution >= 4 is 50.8 Å². The van der Waals surface area contributed by atoms with Gasteiger partial charge in [-0.25, -0.2) is 4.98 Å². The number of pyridine rings is 2. The molecule has 38 heavy (non-hydrogen) atoms. The lowest BCUT2D eigenvalue weighted by molar-refractivity contribution is 0.0963. The third-order valence-electron chi connectivity index (χ3n) is 7.04. The molecule has 0 spiro atoms. The standard InChI is InChI=1S/C28H33N7O2S/c1-4-15-34(16-13-18(3)5-2)23-17-19-25(36)24(27(37)33-30-22-12-8-9-14-29-22)28-35(26(19)32-31-23)20-10-6-7-11-21(20)38-28/h7-9,11-12,14,17-18H,4-6,10,13,15-16H2,1-3H3,(H,29,30)(H,33,37). The molecular weight excluding hydrogens is 498 g/mol. The Balaban J connectivity index is 1.63. The minimum absolute atomic E-state index is 0.0920. The van der Waals surface area contributed by atoms with Crippen LogP contribution in [0.1, 0.15) is 67.4 Å². The normalized spacial score (nSPS) is 13.4. The predicted molar refractivity (Wildman–Crippen MR) is 154 cm³/mol. The topological polar surface area (TPSA) is 105 Å². The molecular formula is C28H33N7O2S. The van der Waals surface area contributed by atoms with Crippen molar-refractivity contribution in [2.24, 2.45) is 5.92 Å². The van der Waals surface area contributed by atoms with Crippen LogP contribution in [-0.4, -0.2) is 38.6 Å². The molecule has 1 atom stereocenters. The Bertz CT molecular complexity index is 1540. The third kappa shape index (κ3) is 5.00. The van der Waals surface area contributed by atoms with Crippen LogP contribution in [0.5, 0.6) is 0 Å². The Hall–Kier alpha value is -3.79. The minimum Gasteiger partial charge on any atom is -0.355 e. The van der Waals surface area contributed by atoms with Crippen LogP contribution in [0.2, 0.25) is 0 Å². The molecule has 1 amide bonds. The molecule has 4 heterocycles. The first-order valence-corrected chi connectivity index (χ1v) is 14.1. The summed E-state index contributed by atoms with van der Waals surface area (Å²) in [5.41, 5.74) is 6.77. The lowest BCUT2D eigenvalue weighted by atomic mass is 10.1. The zero-order valence-electron chi connectivity index (χ0n) is 22.0. The van der Waals surface area contributed by atoms with Gasteiger partial charge in [0.25, 0.3) is 5.91 Å². The molecule has 1 aliphatic rings. The summed E-state index contributed by atoms with van der Waals surface area (Å²) in [7, 11) is 0. The fourth-order valence-corrected chi connectivity index (χ4v) is 5.97. The number of hydrogen-bond donors (Lipinski definition) is 2. The fourth-order valence-electron chi connectivity index (χ4n) is 4.71. The lowest BCUT2D eigenvalue weighted by Gasteiger charge is -2.24. The molecule has 0 fully saturated rings. The van der Waals surface area contributed by atoms with Gasteiger partial charge < -0.3 is 4.90 Å². The van der Waals surface area contributed by atoms with Gasteiger partial charge in [-0.1, -0.05) is 39.3 Å². The van der Waals surface area contributed by atoms with Gasteiger partial charge in [0.15, 0.2) is 11.5 Å². The van der Waals surface area contributed by atoms with Crippen molar-refractivity contribution in [2.75, 3.05) is 23.4 Å². The monoisotopic (exact) mass is 531 g/mol. The number of carbonyl (C=O) groups excluding carboxylic acids is 1. The second-order valence-electron chi connectivity index (χ2n) is 9.72. The van der Waals surface area contributed by atoms with Gasteiger partial charge in [-0.15, -0.1) is 21.5 Å². The number of carbonyl (C=O) groups is 1. The highest BCUT2D eigenvalue weighted by Gasteiger charge is 2.26. The van der Waals surface area contributed by atoms with Gasteiger partial charge in [0, 0.05) is 29.9 Å². The number of amides is 1. The largest absolute Gasteiger partial charge is 0.355 e. The van der Waals surface area contributed by atoms with Gasteiger partial charge in [-0.3, -0.25) is 24.8 Å². The maximum absolute atomic E-state index is 13.9. The first-order chi connectivity index (χ1) is 18.5. The summed E-state index contributed by atoms with van der Waals surface area (Å²) in [6, 6.07) is 7.16. The molecule has 5 rings (SSSR count). The van der Waals surface area contributed by atoms with E-state index in [2.05, 4.69) is 63.9 Å². The third-order valence-corrected chi connectivity index (χ3v) is 8.21. The molecule has 0 radical (unpaired) electrons. The van der Waals surface area contributed by atoms with E-state index in [1.807, 2.05) is 16.5 Å². The highest BCUT2D eigenvalue weighted by atomic mass is 32.1. The van der Waals surface area contributed by atoms with Crippen molar-refractivity contribution in [3.63, 3.8) is 0 Å². The Kier molecular flexibility index (Phi) is 7.69. The Labute approximate surface area is 225 Å². The molecule has 10 heteroatoms. The van der Waals surface area contributed by atoms with Crippen LogP contribution < -0.4 is 21.2 Å². The molecule has 198 valence electrons. The quantitative estimate of drug-likeness (QED) is 0.275. The summed E-state index contributed by atoms with van der Waals surface area (Å²) in [6.45, 7) is 8.23. The molecule has 4 aromatic heterocycles. The highest BCUT2D eigenvalue weighted by molar-refractivity contribution is 7.18. The van der Waals surface area contributed by atoms with Gasteiger partial charge in [-0.05, 0) is 55.9 Å². The maximum atomic E-state index is 13.9. The van der Waals surface area contributed by atoms with Gasteiger partial charge in [0.05, 0.1) is 5.39 Å². The zero-order chi connectivity index (χ0) is 26.6. The number of hydrogen-bond acceptors (Lipinski definition) is 8. The second-order valence-corrected chi connectivity index (χ2v) is 10.8. The Morgan fingerprint density at radius 3 is 2.87 bits per heavy atom. The second kappa shape index (κ2) is 11.3. The number of aromatic nitrogens is 4. The van der Waals surface area contributed by atoms with E-state index >= 15 is 0 Å². The summed E-state index contributed by atoms with van der Waals surface area (Å²) < 4.78 is 1.95. The smallest absolute Gasteiger partial charge is 0.276 e. The molecule has 1 unspecified atom stereocenters. The summed E-state index contributed by atoms with van der Waals surface area (Å²) in [5.74, 6) is 1.24. The number of aryl methyl sites for hydroxylation is 1. The zero-order valence-corrected chi connectivity index (χ0v) is 22.8. The SMILES string of the molecule is CCCN(CCC(C)CC)c1cc2c(=O)c(C(=O)NNc3ccccn3)c3sc4c(n3c2nn1)CCC=C4. The van der Waals surface area contributed by atoms with Crippen LogP contribution in [0.4, 0.5) is 11.6 Å². The summed E-state index contributed by atoms with van der Waals surface area (Å²) in [6.07, 6.45) is 10.6. The van der Waals surface area contributed by atoms with Crippen molar-refractivity contribution in [1.82, 2.24) is 25.0 Å². The molecule has 1 aliphatic carbocycles. The Morgan fingerprint density at radius 1 is 1.24 bits per heavy atom. The number of hydrazine groups is 1. The van der Waals surface area contributed by atoms with E-state index in [4.69, 9.17) is 0 Å². The van der Waals surface area contributed by atoms with Crippen molar-refractivity contribution in [2.45, 2.75) is 52.9 Å². The van der Waals surface area contributed by atoms with Crippen LogP contribution >= 0.6 is 11.3 Å². The van der Waals surface area contributed by atoms with Crippen LogP contribution in [0.25, 0.3) is 21.9 Å². The van der Waals surface area contributed by atoms with Crippen LogP contribution in [-0.2, 0) is 6.42 Å². The summed E-state index contributed by atoms with van der Waals surface area (Å²) in [5, 5.41) is 9.57. The summed E-state index contributed by atoms with van der Waals surface area (Å²) in [4.78, 5) is 35.4. The number of thiazole rings is 1. The Morgan fingerprint density at radius 2 is 2.11 bits per heavy atom. The van der Waals surface area contributed by atoms with Crippen LogP contribution in [0.15, 0.2) is 41.3 Å². The first kappa shape index (κ1) is 25.8. The maximum Gasteiger partial charge on any atom is 0.276 e. The molecule has 0 aliphatic heterocycles. The average molecular weight is 532 g/mol. The van der Waals surface area contributed by atoms with E-state index in [1.54, 1.807) is 18.3 Å². The van der Waals surface area contributed by atoms with E-state index in [0.29, 0.717) is 33.4 Å². The number of nitrogens with one attached hydrogen (secondary N) is 2. The van der Waals surface area contributed by atoms with Gasteiger partial charge >= 0.3 is 0 Å². The summed E-state index contributed by atoms with van der Waals surface area (Å²) >= 11 is 1.43. The van der Waals surface area contributed by atoms with Crippen molar-refractivity contribution in [3.05, 3.63) is 62.9 Å². The lowest BCUT2D eigenvalue weighted by Crippen LogP contribution is -2.34. The van der Waals surface area contributed by atoms with Gasteiger partial charge in [0.1, 0.15) is 16.2 Å². The number of fused-ring (bicyclic) bond motifs is 5. The van der Waals surface area contributed by atoms with Gasteiger partial charge in [0.2, 0.25) is 5.43 Å². The molecule has 0 aromatic carbocycles. The van der Waals surface area contributed by atoms with Crippen LogP contribution in [0.3, 0.4) is 0 Å². The molecule has 0 saturated carbocycles. The fraction of sp³-hybridized carbons (Fsp3) is 0.393. The molecule has 0 saturated heterocycles. The van der Waals surface area contributed by atoms with Crippen molar-refractivity contribution < 1.29 is 4.79 Å². The average Bonchev–Trinajstić information content (AvgIpc) is 3.33. The molecule has 4 aromatic rings. The van der Waals surface area contributed by atoms with E-state index < -0.39 is 5.91 Å². The predicted octanol–water partition coefficient (Wildman–Crippen LogP) is 5.07. The molecule has 2 N–H and O–H groups in total. The highest BCUT2D eigenvalue weighted by Crippen LogP contribution is 2.33. The molecule has 0 bridgehead atoms. The number of anilines is 2. The number of nitrogens with zero attached hydrogens (tertiary/aromatic N) is 5. The van der Waals surface area contributed by atoms with Crippen molar-refractivity contribution in [1.29, 1.82) is 0 Å². The van der Waals surface area contributed by atoms with E-state index in [-0.39, 0.29) is 11.0 Å². The number of allylic oxidation sites excluding steroid dienone is 1. The van der Waals surface area contributed by atoms with Crippen LogP contribution in [0, 0.1) is 5.92 Å². The number of rotatable bonds is 10. The molecule has 9 nitrogen and oxygen atoms in total. The van der Waals surface area contributed by atoms with Gasteiger partial charge in [-0.2, -0.15) is 0 Å².